The maximum Gasteiger partial charge on any atom is 0.472 e. The van der Waals surface area contributed by atoms with Crippen molar-refractivity contribution in [3.63, 3.8) is 0 Å². The number of phosphoric acid groups is 2. The van der Waals surface area contributed by atoms with E-state index < -0.39 is 91.5 Å². The molecular formula is C97H158O16P2. The van der Waals surface area contributed by atoms with Crippen LogP contribution < -0.4 is 0 Å². The van der Waals surface area contributed by atoms with Crippen molar-refractivity contribution in [1.82, 2.24) is 0 Å². The molecule has 18 heteroatoms. The molecule has 0 aliphatic carbocycles. The summed E-state index contributed by atoms with van der Waals surface area (Å²) >= 11 is 0. The van der Waals surface area contributed by atoms with Crippen molar-refractivity contribution in [3.05, 3.63) is 207 Å². The monoisotopic (exact) mass is 1640 g/mol. The topological polar surface area (TPSA) is 231 Å². The molecule has 0 aliphatic heterocycles. The average molecular weight is 1640 g/mol. The van der Waals surface area contributed by atoms with Gasteiger partial charge in [-0.2, -0.15) is 0 Å². The molecule has 0 fully saturated rings. The Morgan fingerprint density at radius 1 is 0.243 bits per heavy atom. The van der Waals surface area contributed by atoms with E-state index in [9.17, 15) is 43.5 Å². The molecule has 4 N–H and O–H groups in total. The molecule has 115 heavy (non-hydrogen) atoms. The van der Waals surface area contributed by atoms with E-state index in [4.69, 9.17) is 32.3 Å². The molecule has 0 radical (unpaired) electrons. The molecule has 0 aromatic heterocycles. The Hall–Kier alpha value is -5.87. The van der Waals surface area contributed by atoms with Crippen molar-refractivity contribution in [2.75, 3.05) is 39.6 Å². The summed E-state index contributed by atoms with van der Waals surface area (Å²) in [5.41, 5.74) is 0. The zero-order valence-electron chi connectivity index (χ0n) is 71.6. The third-order valence-corrected chi connectivity index (χ3v) is 19.9. The number of hydrogen-bond donors (Lipinski definition) is 4. The quantitative estimate of drug-likeness (QED) is 0.0146. The van der Waals surface area contributed by atoms with E-state index in [0.717, 1.165) is 212 Å². The number of aliphatic hydroxyl groups excluding tert-OH is 2. The van der Waals surface area contributed by atoms with Gasteiger partial charge in [-0.1, -0.05) is 349 Å². The Morgan fingerprint density at radius 3 is 0.687 bits per heavy atom. The highest BCUT2D eigenvalue weighted by Gasteiger charge is 2.29. The van der Waals surface area contributed by atoms with Crippen molar-refractivity contribution in [2.24, 2.45) is 0 Å². The van der Waals surface area contributed by atoms with Gasteiger partial charge in [0.2, 0.25) is 0 Å². The average Bonchev–Trinajstić information content (AvgIpc) is 0.902. The van der Waals surface area contributed by atoms with Crippen LogP contribution in [-0.2, 0) is 55.8 Å². The van der Waals surface area contributed by atoms with Crippen molar-refractivity contribution >= 4 is 33.6 Å². The molecule has 0 bridgehead atoms. The van der Waals surface area contributed by atoms with Gasteiger partial charge in [0, 0.05) is 19.3 Å². The Kier molecular flexibility index (Phi) is 83.0. The van der Waals surface area contributed by atoms with Crippen molar-refractivity contribution < 1.29 is 75.8 Å². The molecule has 0 aromatic carbocycles. The lowest BCUT2D eigenvalue weighted by Gasteiger charge is -2.21. The summed E-state index contributed by atoms with van der Waals surface area (Å²) in [4.78, 5) is 59.0. The summed E-state index contributed by atoms with van der Waals surface area (Å²) in [6, 6.07) is 0. The second-order valence-corrected chi connectivity index (χ2v) is 31.8. The first-order chi connectivity index (χ1) is 56.2. The van der Waals surface area contributed by atoms with E-state index in [0.29, 0.717) is 19.3 Å². The lowest BCUT2D eigenvalue weighted by molar-refractivity contribution is -0.161. The van der Waals surface area contributed by atoms with Crippen LogP contribution >= 0.6 is 15.6 Å². The van der Waals surface area contributed by atoms with Crippen LogP contribution in [0, 0.1) is 0 Å². The van der Waals surface area contributed by atoms with E-state index >= 15 is 0 Å². The lowest BCUT2D eigenvalue weighted by atomic mass is 10.0. The minimum Gasteiger partial charge on any atom is -0.463 e. The fraction of sp³-hybridized carbons (Fsp3) is 0.619. The van der Waals surface area contributed by atoms with Crippen LogP contribution in [0.3, 0.4) is 0 Å². The second-order valence-electron chi connectivity index (χ2n) is 28.9. The van der Waals surface area contributed by atoms with Crippen molar-refractivity contribution in [1.29, 1.82) is 0 Å². The number of carbonyl (C=O) groups excluding carboxylic acids is 3. The summed E-state index contributed by atoms with van der Waals surface area (Å²) in [5, 5.41) is 20.7. The molecule has 0 spiro atoms. The molecular weight excluding hydrogens is 1480 g/mol. The van der Waals surface area contributed by atoms with Crippen LogP contribution in [0.15, 0.2) is 207 Å². The fourth-order valence-electron chi connectivity index (χ4n) is 11.4. The number of aliphatic hydroxyl groups is 2. The molecule has 16 nitrogen and oxygen atoms in total. The molecule has 0 saturated carbocycles. The Bertz CT molecular complexity index is 2920. The van der Waals surface area contributed by atoms with Crippen LogP contribution in [0.25, 0.3) is 0 Å². The smallest absolute Gasteiger partial charge is 0.463 e. The predicted molar refractivity (Wildman–Crippen MR) is 481 cm³/mol. The molecule has 0 amide bonds. The van der Waals surface area contributed by atoms with Crippen LogP contribution in [0.5, 0.6) is 0 Å². The highest BCUT2D eigenvalue weighted by molar-refractivity contribution is 7.47. The van der Waals surface area contributed by atoms with E-state index in [1.165, 1.54) is 57.8 Å². The fourth-order valence-corrected chi connectivity index (χ4v) is 13.0. The summed E-state index contributed by atoms with van der Waals surface area (Å²) in [6.07, 6.45) is 117. The van der Waals surface area contributed by atoms with Gasteiger partial charge in [-0.05, 0) is 167 Å². The minimum absolute atomic E-state index is 0.0727. The van der Waals surface area contributed by atoms with Gasteiger partial charge in [0.1, 0.15) is 25.4 Å². The number of hydrogen-bond acceptors (Lipinski definition) is 14. The van der Waals surface area contributed by atoms with Crippen LogP contribution in [0.2, 0.25) is 0 Å². The molecule has 0 aromatic rings. The normalized spacial score (nSPS) is 14.8. The van der Waals surface area contributed by atoms with Gasteiger partial charge in [0.05, 0.1) is 26.4 Å². The molecule has 0 heterocycles. The highest BCUT2D eigenvalue weighted by Crippen LogP contribution is 2.45. The van der Waals surface area contributed by atoms with E-state index in [1.807, 2.05) is 0 Å². The molecule has 0 rings (SSSR count). The summed E-state index contributed by atoms with van der Waals surface area (Å²) in [5.74, 6) is -1.62. The summed E-state index contributed by atoms with van der Waals surface area (Å²) in [6.45, 7) is 2.31. The van der Waals surface area contributed by atoms with Crippen LogP contribution in [0.4, 0.5) is 0 Å². The Labute approximate surface area is 699 Å². The number of rotatable bonds is 82. The number of allylic oxidation sites excluding steroid dienone is 34. The van der Waals surface area contributed by atoms with Gasteiger partial charge in [0.25, 0.3) is 0 Å². The van der Waals surface area contributed by atoms with Crippen LogP contribution in [0.1, 0.15) is 329 Å². The van der Waals surface area contributed by atoms with E-state index in [2.05, 4.69) is 227 Å². The molecule has 5 atom stereocenters. The summed E-state index contributed by atoms with van der Waals surface area (Å²) in [7, 11) is -9.83. The van der Waals surface area contributed by atoms with Gasteiger partial charge >= 0.3 is 33.6 Å². The van der Waals surface area contributed by atoms with Crippen molar-refractivity contribution in [3.8, 4) is 0 Å². The number of ether oxygens (including phenoxy) is 3. The third-order valence-electron chi connectivity index (χ3n) is 18.0. The maximum absolute atomic E-state index is 13.1. The van der Waals surface area contributed by atoms with E-state index in [-0.39, 0.29) is 19.3 Å². The van der Waals surface area contributed by atoms with Gasteiger partial charge in [0.15, 0.2) is 6.10 Å². The van der Waals surface area contributed by atoms with Crippen LogP contribution in [-0.4, -0.2) is 95.9 Å². The zero-order chi connectivity index (χ0) is 83.6. The predicted octanol–water partition coefficient (Wildman–Crippen LogP) is 27.2. The van der Waals surface area contributed by atoms with Crippen molar-refractivity contribution in [2.45, 2.75) is 347 Å². The second kappa shape index (κ2) is 87.4. The minimum atomic E-state index is -4.96. The highest BCUT2D eigenvalue weighted by atomic mass is 31.2. The number of esters is 3. The number of unbranched alkanes of at least 4 members (excludes halogenated alkanes) is 25. The SMILES string of the molecule is CC/C=C\C/C=C\C/C=C\C/C=C\C/C=C\C/C=C\CCCCCCCCCCCCCCC(=O)OCC(O)COP(=O)(O)OCC(O)COP(=O)(O)OCC(COC(=O)CCCCCCCCCC/C=C\C/C=C\C/C=C\C/C=C\C/C=C\C/C=C\CC)OC(=O)CCCCCCC/C=C\C/C=C\C/C=C\C/C=C\C/C=C\CC. The largest absolute Gasteiger partial charge is 0.472 e. The molecule has 652 valence electrons. The van der Waals surface area contributed by atoms with Gasteiger partial charge in [-0.3, -0.25) is 32.5 Å². The molecule has 5 unspecified atom stereocenters. The standard InChI is InChI=1S/C97H158O16P2/c1-4-7-10-13-16-19-22-25-28-31-34-37-39-41-43-44-45-46-48-50-51-54-56-59-62-65-68-71-74-77-80-83-95(100)107-86-92(98)87-109-114(103,104)110-88-93(99)89-111-115(105,106)112-91-94(113-97(102)85-82-79-76-73-70-67-64-61-58-53-36-33-30-27-24-21-18-15-12-9-6-3)90-108-96(101)84-81-78-75-72-69-66-63-60-57-55-52-49-47-42-40-38-35-32-29-26-23-20-17-14-11-8-5-2/h7-12,16-21,25-30,34-38,41-43,45-47,52-53,55,61,64,92-94,98-99H,4-6,13-15,22-24,31-33,39-40,44,48-51,54,56-60,62-63,65-91H2,1-3H3,(H,103,104)(H,105,106)/b10-7-,11-8-,12-9-,19-16-,20-17-,21-18-,28-25-,29-26-,30-27-,37-34-,38-35-,43-41-,46-45-,47-42-,53-36-,55-52-,64-61-. The third kappa shape index (κ3) is 88.8. The lowest BCUT2D eigenvalue weighted by Crippen LogP contribution is -2.30. The Balaban J connectivity index is 4.65. The van der Waals surface area contributed by atoms with E-state index in [1.54, 1.807) is 0 Å². The first kappa shape index (κ1) is 109. The van der Waals surface area contributed by atoms with Gasteiger partial charge < -0.3 is 34.2 Å². The number of carbonyl (C=O) groups is 3. The zero-order valence-corrected chi connectivity index (χ0v) is 73.4. The molecule has 0 aliphatic rings. The first-order valence-corrected chi connectivity index (χ1v) is 47.4. The van der Waals surface area contributed by atoms with Gasteiger partial charge in [-0.15, -0.1) is 0 Å². The van der Waals surface area contributed by atoms with Gasteiger partial charge in [-0.25, -0.2) is 9.13 Å². The Morgan fingerprint density at radius 2 is 0.435 bits per heavy atom. The maximum atomic E-state index is 13.1. The first-order valence-electron chi connectivity index (χ1n) is 44.4. The number of phosphoric ester groups is 2. The summed E-state index contributed by atoms with van der Waals surface area (Å²) < 4.78 is 61.4. The molecule has 0 saturated heterocycles.